The summed E-state index contributed by atoms with van der Waals surface area (Å²) in [5.74, 6) is -0.0646. The summed E-state index contributed by atoms with van der Waals surface area (Å²) in [6, 6.07) is 7.60. The van der Waals surface area contributed by atoms with Crippen molar-refractivity contribution in [2.75, 3.05) is 5.73 Å². The second-order valence-corrected chi connectivity index (χ2v) is 5.26. The first kappa shape index (κ1) is 14.0. The molecule has 6 N–H and O–H groups in total. The lowest BCUT2D eigenvalue weighted by molar-refractivity contribution is 1.19. The molecule has 0 atom stereocenters. The average Bonchev–Trinajstić information content (AvgIpc) is 2.79. The number of nitrogen functional groups attached to an aromatic ring is 1. The number of hydrogen-bond donors (Lipinski definition) is 3. The number of anilines is 1. The lowest BCUT2D eigenvalue weighted by Gasteiger charge is -1.96. The summed E-state index contributed by atoms with van der Waals surface area (Å²) in [5.41, 5.74) is 19.6. The molecule has 1 aromatic heterocycles. The van der Waals surface area contributed by atoms with Gasteiger partial charge >= 0.3 is 0 Å². The minimum atomic E-state index is -0.0646. The fourth-order valence-electron chi connectivity index (χ4n) is 1.66. The fourth-order valence-corrected chi connectivity index (χ4v) is 2.67. The predicted molar refractivity (Wildman–Crippen MR) is 84.7 cm³/mol. The highest BCUT2D eigenvalue weighted by molar-refractivity contribution is 7.17. The van der Waals surface area contributed by atoms with Crippen molar-refractivity contribution in [2.24, 2.45) is 21.7 Å². The average molecular weight is 288 g/mol. The van der Waals surface area contributed by atoms with Gasteiger partial charge < -0.3 is 17.2 Å². The molecule has 0 bridgehead atoms. The molecule has 2 rings (SSSR count). The second-order valence-electron chi connectivity index (χ2n) is 4.27. The van der Waals surface area contributed by atoms with E-state index < -0.39 is 0 Å². The normalized spacial score (nSPS) is 11.4. The third-order valence-corrected chi connectivity index (χ3v) is 3.91. The summed E-state index contributed by atoms with van der Waals surface area (Å²) in [6.07, 6.45) is 0. The molecule has 0 saturated heterocycles. The van der Waals surface area contributed by atoms with Gasteiger partial charge in [0.2, 0.25) is 5.96 Å². The van der Waals surface area contributed by atoms with Crippen molar-refractivity contribution in [1.29, 1.82) is 0 Å². The zero-order valence-corrected chi connectivity index (χ0v) is 12.1. The standard InChI is InChI=1S/C13H16N6S/c1-7-11(8(2)18-19-13(15)16)20-12(17-7)9-3-5-10(14)6-4-9/h3-6H,14H2,1-2H3,(H4,15,16,19)/b18-8-. The Morgan fingerprint density at radius 3 is 2.40 bits per heavy atom. The Morgan fingerprint density at radius 1 is 1.15 bits per heavy atom. The van der Waals surface area contributed by atoms with E-state index in [9.17, 15) is 0 Å². The Kier molecular flexibility index (Phi) is 3.99. The smallest absolute Gasteiger partial charge is 0.211 e. The lowest BCUT2D eigenvalue weighted by atomic mass is 10.2. The van der Waals surface area contributed by atoms with Crippen LogP contribution < -0.4 is 17.2 Å². The van der Waals surface area contributed by atoms with Gasteiger partial charge in [-0.2, -0.15) is 5.10 Å². The molecular weight excluding hydrogens is 272 g/mol. The number of nitrogens with zero attached hydrogens (tertiary/aromatic N) is 3. The van der Waals surface area contributed by atoms with Crippen LogP contribution in [0.1, 0.15) is 17.5 Å². The molecule has 6 nitrogen and oxygen atoms in total. The van der Waals surface area contributed by atoms with E-state index in [0.29, 0.717) is 0 Å². The van der Waals surface area contributed by atoms with Gasteiger partial charge in [-0.3, -0.25) is 0 Å². The van der Waals surface area contributed by atoms with Crippen LogP contribution in [0.5, 0.6) is 0 Å². The number of hydrogen-bond acceptors (Lipinski definition) is 5. The maximum atomic E-state index is 5.68. The van der Waals surface area contributed by atoms with E-state index >= 15 is 0 Å². The summed E-state index contributed by atoms with van der Waals surface area (Å²) < 4.78 is 0. The van der Waals surface area contributed by atoms with Gasteiger partial charge in [-0.1, -0.05) is 0 Å². The van der Waals surface area contributed by atoms with Crippen LogP contribution in [0.15, 0.2) is 34.5 Å². The molecule has 20 heavy (non-hydrogen) atoms. The maximum absolute atomic E-state index is 5.68. The van der Waals surface area contributed by atoms with Crippen LogP contribution in [0.25, 0.3) is 10.6 Å². The van der Waals surface area contributed by atoms with Crippen molar-refractivity contribution in [3.63, 3.8) is 0 Å². The van der Waals surface area contributed by atoms with Gasteiger partial charge in [-0.05, 0) is 38.1 Å². The topological polar surface area (TPSA) is 116 Å². The largest absolute Gasteiger partial charge is 0.399 e. The minimum Gasteiger partial charge on any atom is -0.399 e. The van der Waals surface area contributed by atoms with Gasteiger partial charge in [0.1, 0.15) is 5.01 Å². The maximum Gasteiger partial charge on any atom is 0.211 e. The van der Waals surface area contributed by atoms with Crippen molar-refractivity contribution in [3.05, 3.63) is 34.8 Å². The molecule has 0 aliphatic rings. The zero-order chi connectivity index (χ0) is 14.7. The van der Waals surface area contributed by atoms with Gasteiger partial charge in [0.25, 0.3) is 0 Å². The first-order valence-corrected chi connectivity index (χ1v) is 6.76. The van der Waals surface area contributed by atoms with E-state index in [1.165, 1.54) is 0 Å². The minimum absolute atomic E-state index is 0.0646. The van der Waals surface area contributed by atoms with Gasteiger partial charge in [0, 0.05) is 11.3 Å². The number of thiazole rings is 1. The number of rotatable bonds is 3. The molecule has 1 aromatic carbocycles. The first-order chi connectivity index (χ1) is 9.47. The van der Waals surface area contributed by atoms with E-state index in [0.717, 1.165) is 32.5 Å². The second kappa shape index (κ2) is 5.70. The highest BCUT2D eigenvalue weighted by atomic mass is 32.1. The Hall–Kier alpha value is -2.41. The number of benzene rings is 1. The first-order valence-electron chi connectivity index (χ1n) is 5.94. The predicted octanol–water partition coefficient (Wildman–Crippen LogP) is 1.70. The lowest BCUT2D eigenvalue weighted by Crippen LogP contribution is -2.22. The molecule has 0 fully saturated rings. The number of guanidine groups is 1. The van der Waals surface area contributed by atoms with Crippen LogP contribution in [0.4, 0.5) is 5.69 Å². The number of aromatic nitrogens is 1. The molecule has 0 amide bonds. The summed E-state index contributed by atoms with van der Waals surface area (Å²) in [4.78, 5) is 5.50. The van der Waals surface area contributed by atoms with Crippen LogP contribution in [0, 0.1) is 6.92 Å². The van der Waals surface area contributed by atoms with Crippen LogP contribution in [0.3, 0.4) is 0 Å². The fraction of sp³-hybridized carbons (Fsp3) is 0.154. The van der Waals surface area contributed by atoms with Crippen molar-refractivity contribution in [2.45, 2.75) is 13.8 Å². The Labute approximate surface area is 121 Å². The van der Waals surface area contributed by atoms with Crippen molar-refractivity contribution >= 4 is 28.7 Å². The molecule has 1 heterocycles. The molecule has 2 aromatic rings. The van der Waals surface area contributed by atoms with Gasteiger partial charge in [0.05, 0.1) is 16.3 Å². The number of aryl methyl sites for hydroxylation is 1. The third kappa shape index (κ3) is 3.12. The van der Waals surface area contributed by atoms with E-state index in [2.05, 4.69) is 15.2 Å². The van der Waals surface area contributed by atoms with E-state index in [-0.39, 0.29) is 5.96 Å². The van der Waals surface area contributed by atoms with Crippen molar-refractivity contribution < 1.29 is 0 Å². The molecule has 104 valence electrons. The quantitative estimate of drug-likeness (QED) is 0.345. The van der Waals surface area contributed by atoms with Gasteiger partial charge in [0.15, 0.2) is 0 Å². The highest BCUT2D eigenvalue weighted by Crippen LogP contribution is 2.28. The van der Waals surface area contributed by atoms with E-state index in [4.69, 9.17) is 17.2 Å². The molecule has 0 unspecified atom stereocenters. The summed E-state index contributed by atoms with van der Waals surface area (Å²) in [5, 5.41) is 8.55. The summed E-state index contributed by atoms with van der Waals surface area (Å²) in [7, 11) is 0. The Bertz CT molecular complexity index is 665. The summed E-state index contributed by atoms with van der Waals surface area (Å²) in [6.45, 7) is 3.78. The summed E-state index contributed by atoms with van der Waals surface area (Å²) >= 11 is 1.54. The van der Waals surface area contributed by atoms with Crippen LogP contribution >= 0.6 is 11.3 Å². The highest BCUT2D eigenvalue weighted by Gasteiger charge is 2.11. The molecule has 0 radical (unpaired) electrons. The molecule has 0 aliphatic heterocycles. The van der Waals surface area contributed by atoms with E-state index in [1.54, 1.807) is 11.3 Å². The van der Waals surface area contributed by atoms with Crippen LogP contribution in [-0.2, 0) is 0 Å². The third-order valence-electron chi connectivity index (χ3n) is 2.60. The molecule has 0 saturated carbocycles. The Balaban J connectivity index is 2.37. The van der Waals surface area contributed by atoms with Crippen molar-refractivity contribution in [1.82, 2.24) is 4.98 Å². The van der Waals surface area contributed by atoms with Crippen LogP contribution in [0.2, 0.25) is 0 Å². The van der Waals surface area contributed by atoms with Crippen molar-refractivity contribution in [3.8, 4) is 10.6 Å². The SMILES string of the molecule is C/C(=N/N=C(N)N)c1sc(-c2ccc(N)cc2)nc1C. The van der Waals surface area contributed by atoms with Crippen LogP contribution in [-0.4, -0.2) is 16.7 Å². The molecule has 7 heteroatoms. The molecule has 0 aliphatic carbocycles. The number of nitrogens with two attached hydrogens (primary N) is 3. The Morgan fingerprint density at radius 2 is 1.80 bits per heavy atom. The van der Waals surface area contributed by atoms with Gasteiger partial charge in [-0.25, -0.2) is 4.98 Å². The molecular formula is C13H16N6S. The van der Waals surface area contributed by atoms with E-state index in [1.807, 2.05) is 38.1 Å². The van der Waals surface area contributed by atoms with Gasteiger partial charge in [-0.15, -0.1) is 16.4 Å². The molecule has 0 spiro atoms. The zero-order valence-electron chi connectivity index (χ0n) is 11.3. The monoisotopic (exact) mass is 288 g/mol.